The number of hydrogen-bond donors (Lipinski definition) is 2. The summed E-state index contributed by atoms with van der Waals surface area (Å²) in [6.07, 6.45) is 4.70. The lowest BCUT2D eigenvalue weighted by Crippen LogP contribution is -2.47. The van der Waals surface area contributed by atoms with Crippen LogP contribution in [0.3, 0.4) is 0 Å². The van der Waals surface area contributed by atoms with Gasteiger partial charge in [0.1, 0.15) is 5.75 Å². The fourth-order valence-corrected chi connectivity index (χ4v) is 3.10. The van der Waals surface area contributed by atoms with E-state index < -0.39 is 4.92 Å². The molecule has 1 aromatic carbocycles. The molecule has 0 spiro atoms. The number of ether oxygens (including phenoxy) is 1. The number of nitrogens with one attached hydrogen (secondary N) is 2. The maximum absolute atomic E-state index is 12.4. The fourth-order valence-electron chi connectivity index (χ4n) is 3.10. The highest BCUT2D eigenvalue weighted by atomic mass is 16.6. The maximum Gasteiger partial charge on any atom is 0.273 e. The first-order valence-electron chi connectivity index (χ1n) is 8.31. The number of amides is 1. The zero-order valence-electron chi connectivity index (χ0n) is 14.4. The molecule has 7 nitrogen and oxygen atoms in total. The van der Waals surface area contributed by atoms with Gasteiger partial charge in [0.25, 0.3) is 5.69 Å². The van der Waals surface area contributed by atoms with E-state index >= 15 is 0 Å². The summed E-state index contributed by atoms with van der Waals surface area (Å²) in [5, 5.41) is 17.0. The number of anilines is 1. The molecule has 24 heavy (non-hydrogen) atoms. The lowest BCUT2D eigenvalue weighted by molar-refractivity contribution is -0.384. The number of carbonyl (C=O) groups is 1. The minimum Gasteiger partial charge on any atom is -0.494 e. The van der Waals surface area contributed by atoms with Crippen LogP contribution in [-0.2, 0) is 4.79 Å². The molecule has 0 radical (unpaired) electrons. The SMILES string of the molecule is COc1cc([N+](=O)[O-])ccc1NC(=O)[C@H](C)N[C@@H]1CCCC[C@@H]1C. The van der Waals surface area contributed by atoms with Gasteiger partial charge in [0, 0.05) is 12.1 Å². The molecule has 0 aromatic heterocycles. The molecule has 7 heteroatoms. The van der Waals surface area contributed by atoms with Crippen LogP contribution in [0, 0.1) is 16.0 Å². The molecular weight excluding hydrogens is 310 g/mol. The second-order valence-corrected chi connectivity index (χ2v) is 6.39. The third-order valence-electron chi connectivity index (χ3n) is 4.62. The van der Waals surface area contributed by atoms with Gasteiger partial charge in [0.2, 0.25) is 5.91 Å². The Morgan fingerprint density at radius 1 is 1.38 bits per heavy atom. The van der Waals surface area contributed by atoms with E-state index in [4.69, 9.17) is 4.74 Å². The standard InChI is InChI=1S/C17H25N3O4/c1-11-6-4-5-7-14(11)18-12(2)17(21)19-15-9-8-13(20(22)23)10-16(15)24-3/h8-12,14,18H,4-7H2,1-3H3,(H,19,21)/t11-,12-,14+/m0/s1. The molecule has 1 amide bonds. The molecule has 0 aliphatic heterocycles. The van der Waals surface area contributed by atoms with Gasteiger partial charge in [-0.2, -0.15) is 0 Å². The summed E-state index contributed by atoms with van der Waals surface area (Å²) in [5.41, 5.74) is 0.352. The van der Waals surface area contributed by atoms with Crippen molar-refractivity contribution in [3.05, 3.63) is 28.3 Å². The van der Waals surface area contributed by atoms with Gasteiger partial charge in [-0.05, 0) is 31.7 Å². The van der Waals surface area contributed by atoms with E-state index in [9.17, 15) is 14.9 Å². The number of hydrogen-bond acceptors (Lipinski definition) is 5. The number of non-ortho nitro benzene ring substituents is 1. The molecule has 1 aliphatic rings. The largest absolute Gasteiger partial charge is 0.494 e. The van der Waals surface area contributed by atoms with Gasteiger partial charge in [-0.15, -0.1) is 0 Å². The van der Waals surface area contributed by atoms with Crippen LogP contribution in [0.1, 0.15) is 39.5 Å². The predicted molar refractivity (Wildman–Crippen MR) is 92.3 cm³/mol. The van der Waals surface area contributed by atoms with Crippen molar-refractivity contribution in [1.82, 2.24) is 5.32 Å². The van der Waals surface area contributed by atoms with Gasteiger partial charge in [-0.25, -0.2) is 0 Å². The van der Waals surface area contributed by atoms with Crippen molar-refractivity contribution in [2.24, 2.45) is 5.92 Å². The summed E-state index contributed by atoms with van der Waals surface area (Å²) in [6, 6.07) is 4.13. The normalized spacial score (nSPS) is 21.8. The fraction of sp³-hybridized carbons (Fsp3) is 0.588. The molecule has 1 fully saturated rings. The number of carbonyl (C=O) groups excluding carboxylic acids is 1. The smallest absolute Gasteiger partial charge is 0.273 e. The third-order valence-corrected chi connectivity index (χ3v) is 4.62. The van der Waals surface area contributed by atoms with Crippen LogP contribution in [0.2, 0.25) is 0 Å². The number of benzene rings is 1. The molecule has 1 aromatic rings. The van der Waals surface area contributed by atoms with Crippen LogP contribution in [0.25, 0.3) is 0 Å². The molecule has 0 unspecified atom stereocenters. The van der Waals surface area contributed by atoms with E-state index in [1.807, 2.05) is 6.92 Å². The Morgan fingerprint density at radius 3 is 2.71 bits per heavy atom. The van der Waals surface area contributed by atoms with Gasteiger partial charge in [0.15, 0.2) is 0 Å². The minimum atomic E-state index is -0.497. The summed E-state index contributed by atoms with van der Waals surface area (Å²) < 4.78 is 5.14. The monoisotopic (exact) mass is 335 g/mol. The van der Waals surface area contributed by atoms with Crippen LogP contribution in [0.15, 0.2) is 18.2 Å². The molecule has 3 atom stereocenters. The van der Waals surface area contributed by atoms with Gasteiger partial charge in [-0.3, -0.25) is 14.9 Å². The van der Waals surface area contributed by atoms with Crippen molar-refractivity contribution in [1.29, 1.82) is 0 Å². The molecule has 0 heterocycles. The summed E-state index contributed by atoms with van der Waals surface area (Å²) in [6.45, 7) is 4.04. The first-order chi connectivity index (χ1) is 11.4. The van der Waals surface area contributed by atoms with E-state index in [1.54, 1.807) is 0 Å². The van der Waals surface area contributed by atoms with Gasteiger partial charge in [0.05, 0.1) is 29.8 Å². The molecule has 1 aliphatic carbocycles. The van der Waals surface area contributed by atoms with Crippen LogP contribution < -0.4 is 15.4 Å². The lowest BCUT2D eigenvalue weighted by Gasteiger charge is -2.31. The Hall–Kier alpha value is -2.15. The highest BCUT2D eigenvalue weighted by Crippen LogP contribution is 2.29. The van der Waals surface area contributed by atoms with Crippen LogP contribution in [-0.4, -0.2) is 30.0 Å². The van der Waals surface area contributed by atoms with E-state index in [0.717, 1.165) is 6.42 Å². The Kier molecular flexibility index (Phi) is 6.14. The molecule has 2 rings (SSSR count). The second kappa shape index (κ2) is 8.10. The maximum atomic E-state index is 12.4. The van der Waals surface area contributed by atoms with E-state index in [2.05, 4.69) is 17.6 Å². The third kappa shape index (κ3) is 4.44. The first kappa shape index (κ1) is 18.2. The van der Waals surface area contributed by atoms with Crippen LogP contribution >= 0.6 is 0 Å². The van der Waals surface area contributed by atoms with Crippen molar-refractivity contribution >= 4 is 17.3 Å². The predicted octanol–water partition coefficient (Wildman–Crippen LogP) is 3.10. The highest BCUT2D eigenvalue weighted by Gasteiger charge is 2.25. The average molecular weight is 335 g/mol. The number of rotatable bonds is 6. The zero-order valence-corrected chi connectivity index (χ0v) is 14.4. The van der Waals surface area contributed by atoms with Crippen molar-refractivity contribution in [2.45, 2.75) is 51.6 Å². The van der Waals surface area contributed by atoms with Gasteiger partial charge >= 0.3 is 0 Å². The Bertz CT molecular complexity index is 605. The number of nitrogens with zero attached hydrogens (tertiary/aromatic N) is 1. The van der Waals surface area contributed by atoms with E-state index in [1.165, 1.54) is 44.6 Å². The topological polar surface area (TPSA) is 93.5 Å². The summed E-state index contributed by atoms with van der Waals surface area (Å²) in [4.78, 5) is 22.7. The van der Waals surface area contributed by atoms with Crippen molar-refractivity contribution in [2.75, 3.05) is 12.4 Å². The Balaban J connectivity index is 2.01. The van der Waals surface area contributed by atoms with Gasteiger partial charge < -0.3 is 15.4 Å². The molecule has 2 N–H and O–H groups in total. The van der Waals surface area contributed by atoms with Crippen LogP contribution in [0.4, 0.5) is 11.4 Å². The second-order valence-electron chi connectivity index (χ2n) is 6.39. The van der Waals surface area contributed by atoms with Crippen molar-refractivity contribution in [3.63, 3.8) is 0 Å². The molecule has 0 bridgehead atoms. The molecule has 0 saturated heterocycles. The van der Waals surface area contributed by atoms with Gasteiger partial charge in [-0.1, -0.05) is 19.8 Å². The first-order valence-corrected chi connectivity index (χ1v) is 8.31. The highest BCUT2D eigenvalue weighted by molar-refractivity contribution is 5.96. The number of nitro benzene ring substituents is 1. The lowest BCUT2D eigenvalue weighted by atomic mass is 9.85. The van der Waals surface area contributed by atoms with Crippen LogP contribution in [0.5, 0.6) is 5.75 Å². The van der Waals surface area contributed by atoms with Crippen molar-refractivity contribution in [3.8, 4) is 5.75 Å². The average Bonchev–Trinajstić information content (AvgIpc) is 2.56. The molecular formula is C17H25N3O4. The number of methoxy groups -OCH3 is 1. The van der Waals surface area contributed by atoms with E-state index in [0.29, 0.717) is 17.6 Å². The summed E-state index contributed by atoms with van der Waals surface area (Å²) in [5.74, 6) is 0.652. The van der Waals surface area contributed by atoms with Crippen molar-refractivity contribution < 1.29 is 14.5 Å². The quantitative estimate of drug-likeness (QED) is 0.615. The Labute approximate surface area is 141 Å². The summed E-state index contributed by atoms with van der Waals surface area (Å²) >= 11 is 0. The van der Waals surface area contributed by atoms with E-state index in [-0.39, 0.29) is 23.4 Å². The number of nitro groups is 1. The summed E-state index contributed by atoms with van der Waals surface area (Å²) in [7, 11) is 1.42. The zero-order chi connectivity index (χ0) is 17.7. The minimum absolute atomic E-state index is 0.0768. The molecule has 132 valence electrons. The Morgan fingerprint density at radius 2 is 2.08 bits per heavy atom. The molecule has 1 saturated carbocycles.